The number of carbonyl (C=O) groups excluding carboxylic acids is 1. The third kappa shape index (κ3) is 2.83. The van der Waals surface area contributed by atoms with Crippen LogP contribution < -0.4 is 0 Å². The Bertz CT molecular complexity index is 537. The summed E-state index contributed by atoms with van der Waals surface area (Å²) in [6.45, 7) is 9.09. The number of aryl methyl sites for hydroxylation is 1. The van der Waals surface area contributed by atoms with Crippen LogP contribution in [0.1, 0.15) is 76.5 Å². The zero-order chi connectivity index (χ0) is 15.9. The van der Waals surface area contributed by atoms with Gasteiger partial charge in [0.1, 0.15) is 17.4 Å². The molecule has 0 aromatic carbocycles. The molecule has 2 atom stereocenters. The Hall–Kier alpha value is -1.23. The van der Waals surface area contributed by atoms with Crippen LogP contribution in [-0.2, 0) is 4.79 Å². The van der Waals surface area contributed by atoms with Gasteiger partial charge in [0.05, 0.1) is 0 Å². The van der Waals surface area contributed by atoms with Crippen molar-refractivity contribution in [1.29, 1.82) is 0 Å². The van der Waals surface area contributed by atoms with Gasteiger partial charge in [0.2, 0.25) is 0 Å². The van der Waals surface area contributed by atoms with Gasteiger partial charge in [-0.25, -0.2) is 0 Å². The molecule has 2 aliphatic rings. The van der Waals surface area contributed by atoms with E-state index in [1.54, 1.807) is 6.92 Å². The van der Waals surface area contributed by atoms with E-state index in [9.17, 15) is 4.79 Å². The van der Waals surface area contributed by atoms with Crippen LogP contribution in [0.15, 0.2) is 0 Å². The number of fused-ring (bicyclic) bond motifs is 2. The molecule has 0 aliphatic carbocycles. The number of carbonyl (C=O) groups is 1. The van der Waals surface area contributed by atoms with E-state index in [2.05, 4.69) is 40.4 Å². The average molecular weight is 304 g/mol. The molecule has 2 unspecified atom stereocenters. The molecule has 122 valence electrons. The predicted molar refractivity (Wildman–Crippen MR) is 85.9 cm³/mol. The highest BCUT2D eigenvalue weighted by Crippen LogP contribution is 2.41. The SMILES string of the molecule is CC(=O)CCN1C2CCC1CC(n1c(C)nnc1C(C)C)C2. The van der Waals surface area contributed by atoms with Crippen molar-refractivity contribution in [2.24, 2.45) is 0 Å². The second-order valence-electron chi connectivity index (χ2n) is 7.33. The Morgan fingerprint density at radius 3 is 2.36 bits per heavy atom. The molecular weight excluding hydrogens is 276 g/mol. The summed E-state index contributed by atoms with van der Waals surface area (Å²) in [5.74, 6) is 2.89. The van der Waals surface area contributed by atoms with Crippen molar-refractivity contribution in [2.75, 3.05) is 6.54 Å². The number of Topliss-reactive ketones (excluding diaryl/α,β-unsaturated/α-hetero) is 1. The molecule has 2 aliphatic heterocycles. The monoisotopic (exact) mass is 304 g/mol. The van der Waals surface area contributed by atoms with Crippen LogP contribution in [0.25, 0.3) is 0 Å². The van der Waals surface area contributed by atoms with Crippen LogP contribution in [0.2, 0.25) is 0 Å². The summed E-state index contributed by atoms with van der Waals surface area (Å²) in [7, 11) is 0. The maximum atomic E-state index is 11.3. The molecule has 2 fully saturated rings. The highest BCUT2D eigenvalue weighted by atomic mass is 16.1. The van der Waals surface area contributed by atoms with Crippen molar-refractivity contribution < 1.29 is 4.79 Å². The summed E-state index contributed by atoms with van der Waals surface area (Å²) >= 11 is 0. The lowest BCUT2D eigenvalue weighted by Gasteiger charge is -2.40. The van der Waals surface area contributed by atoms with Gasteiger partial charge in [-0.2, -0.15) is 0 Å². The van der Waals surface area contributed by atoms with Gasteiger partial charge < -0.3 is 4.57 Å². The zero-order valence-electron chi connectivity index (χ0n) is 14.2. The normalized spacial score (nSPS) is 28.5. The van der Waals surface area contributed by atoms with E-state index in [4.69, 9.17) is 0 Å². The van der Waals surface area contributed by atoms with Gasteiger partial charge >= 0.3 is 0 Å². The van der Waals surface area contributed by atoms with E-state index in [1.807, 2.05) is 0 Å². The lowest BCUT2D eigenvalue weighted by molar-refractivity contribution is -0.117. The van der Waals surface area contributed by atoms with Gasteiger partial charge in [-0.15, -0.1) is 10.2 Å². The first-order chi connectivity index (χ1) is 10.5. The molecule has 0 saturated carbocycles. The standard InChI is InChI=1S/C17H28N4O/c1-11(2)17-19-18-13(4)21(17)16-9-14-5-6-15(10-16)20(14)8-7-12(3)22/h11,14-16H,5-10H2,1-4H3. The molecule has 0 N–H and O–H groups in total. The predicted octanol–water partition coefficient (Wildman–Crippen LogP) is 2.86. The molecule has 2 saturated heterocycles. The molecule has 0 spiro atoms. The van der Waals surface area contributed by atoms with E-state index >= 15 is 0 Å². The number of ketones is 1. The van der Waals surface area contributed by atoms with Gasteiger partial charge in [0.25, 0.3) is 0 Å². The van der Waals surface area contributed by atoms with E-state index in [0.29, 0.717) is 36.2 Å². The molecule has 0 amide bonds. The highest BCUT2D eigenvalue weighted by molar-refractivity contribution is 5.75. The summed E-state index contributed by atoms with van der Waals surface area (Å²) in [5, 5.41) is 8.71. The third-order valence-corrected chi connectivity index (χ3v) is 5.36. The minimum absolute atomic E-state index is 0.304. The van der Waals surface area contributed by atoms with Gasteiger partial charge in [0.15, 0.2) is 0 Å². The number of nitrogens with zero attached hydrogens (tertiary/aromatic N) is 4. The fourth-order valence-electron chi connectivity index (χ4n) is 4.34. The van der Waals surface area contributed by atoms with Crippen molar-refractivity contribution in [3.63, 3.8) is 0 Å². The van der Waals surface area contributed by atoms with Crippen LogP contribution in [0, 0.1) is 6.92 Å². The minimum Gasteiger partial charge on any atom is -0.312 e. The van der Waals surface area contributed by atoms with Crippen LogP contribution in [0.4, 0.5) is 0 Å². The number of hydrogen-bond donors (Lipinski definition) is 0. The van der Waals surface area contributed by atoms with Crippen LogP contribution >= 0.6 is 0 Å². The van der Waals surface area contributed by atoms with E-state index in [0.717, 1.165) is 18.2 Å². The highest BCUT2D eigenvalue weighted by Gasteiger charge is 2.41. The van der Waals surface area contributed by atoms with E-state index < -0.39 is 0 Å². The first-order valence-corrected chi connectivity index (χ1v) is 8.64. The number of aromatic nitrogens is 3. The van der Waals surface area contributed by atoms with Crippen LogP contribution in [-0.4, -0.2) is 44.1 Å². The van der Waals surface area contributed by atoms with Gasteiger partial charge in [-0.05, 0) is 39.5 Å². The maximum absolute atomic E-state index is 11.3. The molecule has 22 heavy (non-hydrogen) atoms. The van der Waals surface area contributed by atoms with E-state index in [1.165, 1.54) is 25.7 Å². The molecule has 3 rings (SSSR count). The molecule has 2 bridgehead atoms. The van der Waals surface area contributed by atoms with Crippen LogP contribution in [0.5, 0.6) is 0 Å². The largest absolute Gasteiger partial charge is 0.312 e. The molecule has 5 heteroatoms. The molecule has 5 nitrogen and oxygen atoms in total. The summed E-state index contributed by atoms with van der Waals surface area (Å²) in [4.78, 5) is 13.9. The Balaban J connectivity index is 1.76. The molecular formula is C17H28N4O. The van der Waals surface area contributed by atoms with Crippen molar-refractivity contribution >= 4 is 5.78 Å². The second kappa shape index (κ2) is 6.11. The van der Waals surface area contributed by atoms with Crippen LogP contribution in [0.3, 0.4) is 0 Å². The number of hydrogen-bond acceptors (Lipinski definition) is 4. The quantitative estimate of drug-likeness (QED) is 0.839. The zero-order valence-corrected chi connectivity index (χ0v) is 14.2. The van der Waals surface area contributed by atoms with Crippen molar-refractivity contribution in [1.82, 2.24) is 19.7 Å². The first-order valence-electron chi connectivity index (χ1n) is 8.64. The number of rotatable bonds is 5. The summed E-state index contributed by atoms with van der Waals surface area (Å²) in [6.07, 6.45) is 5.59. The Labute approximate surface area is 133 Å². The van der Waals surface area contributed by atoms with Gasteiger partial charge in [-0.3, -0.25) is 9.69 Å². The Morgan fingerprint density at radius 2 is 1.82 bits per heavy atom. The molecule has 3 heterocycles. The lowest BCUT2D eigenvalue weighted by atomic mass is 9.96. The smallest absolute Gasteiger partial charge is 0.135 e. The summed E-state index contributed by atoms with van der Waals surface area (Å²) < 4.78 is 2.39. The third-order valence-electron chi connectivity index (χ3n) is 5.36. The van der Waals surface area contributed by atoms with Gasteiger partial charge in [0, 0.05) is 37.0 Å². The topological polar surface area (TPSA) is 51.0 Å². The fourth-order valence-corrected chi connectivity index (χ4v) is 4.34. The summed E-state index contributed by atoms with van der Waals surface area (Å²) in [5.41, 5.74) is 0. The lowest BCUT2D eigenvalue weighted by Crippen LogP contribution is -2.44. The van der Waals surface area contributed by atoms with Gasteiger partial charge in [-0.1, -0.05) is 13.8 Å². The van der Waals surface area contributed by atoms with E-state index in [-0.39, 0.29) is 0 Å². The molecule has 1 aromatic rings. The summed E-state index contributed by atoms with van der Waals surface area (Å²) in [6, 6.07) is 1.79. The van der Waals surface area contributed by atoms with Crippen molar-refractivity contribution in [2.45, 2.75) is 83.8 Å². The Kier molecular flexibility index (Phi) is 4.35. The fraction of sp³-hybridized carbons (Fsp3) is 0.824. The van der Waals surface area contributed by atoms with Crippen molar-refractivity contribution in [3.05, 3.63) is 11.6 Å². The van der Waals surface area contributed by atoms with Crippen molar-refractivity contribution in [3.8, 4) is 0 Å². The number of piperidine rings is 1. The first kappa shape index (κ1) is 15.7. The molecule has 0 radical (unpaired) electrons. The minimum atomic E-state index is 0.304. The Morgan fingerprint density at radius 1 is 1.18 bits per heavy atom. The maximum Gasteiger partial charge on any atom is 0.135 e. The second-order valence-corrected chi connectivity index (χ2v) is 7.33. The molecule has 1 aromatic heterocycles. The average Bonchev–Trinajstić information content (AvgIpc) is 2.94.